The molecular formula is C21H24N2O3S. The predicted octanol–water partition coefficient (Wildman–Crippen LogP) is 4.40. The number of amides is 1. The zero-order valence-electron chi connectivity index (χ0n) is 15.7. The second-order valence-electron chi connectivity index (χ2n) is 5.91. The molecule has 5 nitrogen and oxygen atoms in total. The van der Waals surface area contributed by atoms with Crippen LogP contribution in [-0.2, 0) is 4.79 Å². The summed E-state index contributed by atoms with van der Waals surface area (Å²) in [7, 11) is 1.61. The maximum Gasteiger partial charge on any atom is 0.250 e. The van der Waals surface area contributed by atoms with Crippen molar-refractivity contribution in [1.82, 2.24) is 5.32 Å². The lowest BCUT2D eigenvalue weighted by Crippen LogP contribution is -2.32. The van der Waals surface area contributed by atoms with Crippen molar-refractivity contribution in [3.8, 4) is 11.5 Å². The summed E-state index contributed by atoms with van der Waals surface area (Å²) in [5.41, 5.74) is 1.64. The SMILES string of the molecule is CCC(C)Oc1cccc(NC(=S)NC(=O)/C=C/c2ccc(OC)cc2)c1. The fourth-order valence-corrected chi connectivity index (χ4v) is 2.38. The molecule has 2 N–H and O–H groups in total. The van der Waals surface area contributed by atoms with Crippen molar-refractivity contribution in [3.05, 3.63) is 60.2 Å². The number of hydrogen-bond acceptors (Lipinski definition) is 4. The number of thiocarbonyl (C=S) groups is 1. The molecule has 0 fully saturated rings. The van der Waals surface area contributed by atoms with Crippen molar-refractivity contribution in [3.63, 3.8) is 0 Å². The van der Waals surface area contributed by atoms with Gasteiger partial charge in [-0.15, -0.1) is 0 Å². The van der Waals surface area contributed by atoms with Crippen LogP contribution in [0.4, 0.5) is 5.69 Å². The zero-order chi connectivity index (χ0) is 19.6. The summed E-state index contributed by atoms with van der Waals surface area (Å²) in [5.74, 6) is 1.21. The number of benzene rings is 2. The monoisotopic (exact) mass is 384 g/mol. The molecule has 0 bridgehead atoms. The van der Waals surface area contributed by atoms with E-state index in [0.717, 1.165) is 29.2 Å². The van der Waals surface area contributed by atoms with Crippen molar-refractivity contribution < 1.29 is 14.3 Å². The minimum atomic E-state index is -0.310. The molecule has 27 heavy (non-hydrogen) atoms. The number of hydrogen-bond donors (Lipinski definition) is 2. The summed E-state index contributed by atoms with van der Waals surface area (Å²) in [6.45, 7) is 4.08. The Hall–Kier alpha value is -2.86. The van der Waals surface area contributed by atoms with Gasteiger partial charge in [-0.3, -0.25) is 10.1 Å². The van der Waals surface area contributed by atoms with E-state index in [2.05, 4.69) is 17.6 Å². The van der Waals surface area contributed by atoms with Crippen LogP contribution in [-0.4, -0.2) is 24.2 Å². The lowest BCUT2D eigenvalue weighted by Gasteiger charge is -2.14. The van der Waals surface area contributed by atoms with Gasteiger partial charge in [0.15, 0.2) is 5.11 Å². The minimum absolute atomic E-state index is 0.134. The van der Waals surface area contributed by atoms with Gasteiger partial charge in [-0.25, -0.2) is 0 Å². The van der Waals surface area contributed by atoms with Crippen LogP contribution in [0.25, 0.3) is 6.08 Å². The molecule has 6 heteroatoms. The van der Waals surface area contributed by atoms with Crippen LogP contribution in [0.5, 0.6) is 11.5 Å². The summed E-state index contributed by atoms with van der Waals surface area (Å²) < 4.78 is 10.9. The number of rotatable bonds is 7. The Morgan fingerprint density at radius 3 is 2.59 bits per heavy atom. The average Bonchev–Trinajstić information content (AvgIpc) is 2.66. The molecule has 0 saturated heterocycles. The zero-order valence-corrected chi connectivity index (χ0v) is 16.5. The van der Waals surface area contributed by atoms with E-state index in [9.17, 15) is 4.79 Å². The highest BCUT2D eigenvalue weighted by molar-refractivity contribution is 7.80. The number of anilines is 1. The van der Waals surface area contributed by atoms with Crippen LogP contribution in [0.1, 0.15) is 25.8 Å². The van der Waals surface area contributed by atoms with Crippen LogP contribution < -0.4 is 20.1 Å². The van der Waals surface area contributed by atoms with Gasteiger partial charge in [0.2, 0.25) is 5.91 Å². The van der Waals surface area contributed by atoms with E-state index in [1.165, 1.54) is 6.08 Å². The molecule has 0 heterocycles. The van der Waals surface area contributed by atoms with Gasteiger partial charge in [-0.05, 0) is 61.5 Å². The first-order valence-corrected chi connectivity index (χ1v) is 9.11. The standard InChI is InChI=1S/C21H24N2O3S/c1-4-15(2)26-19-7-5-6-17(14-19)22-21(27)23-20(24)13-10-16-8-11-18(25-3)12-9-16/h5-15H,4H2,1-3H3,(H2,22,23,24,27)/b13-10+. The summed E-state index contributed by atoms with van der Waals surface area (Å²) in [6, 6.07) is 14.8. The highest BCUT2D eigenvalue weighted by atomic mass is 32.1. The molecule has 1 amide bonds. The Kier molecular flexibility index (Phi) is 7.82. The first-order chi connectivity index (χ1) is 13.0. The Morgan fingerprint density at radius 1 is 1.19 bits per heavy atom. The lowest BCUT2D eigenvalue weighted by atomic mass is 10.2. The van der Waals surface area contributed by atoms with E-state index >= 15 is 0 Å². The van der Waals surface area contributed by atoms with Gasteiger partial charge in [-0.1, -0.05) is 25.1 Å². The van der Waals surface area contributed by atoms with Gasteiger partial charge < -0.3 is 14.8 Å². The maximum atomic E-state index is 12.0. The van der Waals surface area contributed by atoms with Gasteiger partial charge >= 0.3 is 0 Å². The Balaban J connectivity index is 1.88. The molecular weight excluding hydrogens is 360 g/mol. The van der Waals surface area contributed by atoms with Crippen LogP contribution >= 0.6 is 12.2 Å². The van der Waals surface area contributed by atoms with E-state index < -0.39 is 0 Å². The summed E-state index contributed by atoms with van der Waals surface area (Å²) >= 11 is 5.20. The van der Waals surface area contributed by atoms with Gasteiger partial charge in [0.25, 0.3) is 0 Å². The Bertz CT molecular complexity index is 803. The third-order valence-corrected chi connectivity index (χ3v) is 3.99. The number of carbonyl (C=O) groups is 1. The van der Waals surface area contributed by atoms with E-state index in [-0.39, 0.29) is 17.1 Å². The topological polar surface area (TPSA) is 59.6 Å². The highest BCUT2D eigenvalue weighted by Crippen LogP contribution is 2.19. The third-order valence-electron chi connectivity index (χ3n) is 3.78. The van der Waals surface area contributed by atoms with Crippen molar-refractivity contribution in [2.45, 2.75) is 26.4 Å². The van der Waals surface area contributed by atoms with E-state index in [1.54, 1.807) is 13.2 Å². The largest absolute Gasteiger partial charge is 0.497 e. The highest BCUT2D eigenvalue weighted by Gasteiger charge is 2.05. The molecule has 0 spiro atoms. The van der Waals surface area contributed by atoms with Gasteiger partial charge in [0, 0.05) is 17.8 Å². The molecule has 0 aliphatic rings. The quantitative estimate of drug-likeness (QED) is 0.547. The van der Waals surface area contributed by atoms with E-state index in [0.29, 0.717) is 0 Å². The first kappa shape index (κ1) is 20.5. The molecule has 1 unspecified atom stereocenters. The summed E-state index contributed by atoms with van der Waals surface area (Å²) in [6.07, 6.45) is 4.19. The van der Waals surface area contributed by atoms with Crippen molar-refractivity contribution >= 4 is 35.0 Å². The number of nitrogens with one attached hydrogen (secondary N) is 2. The average molecular weight is 385 g/mol. The maximum absolute atomic E-state index is 12.0. The molecule has 0 radical (unpaired) electrons. The smallest absolute Gasteiger partial charge is 0.250 e. The molecule has 0 saturated carbocycles. The number of ether oxygens (including phenoxy) is 2. The fraction of sp³-hybridized carbons (Fsp3) is 0.238. The van der Waals surface area contributed by atoms with Crippen molar-refractivity contribution in [2.24, 2.45) is 0 Å². The molecule has 0 aliphatic heterocycles. The minimum Gasteiger partial charge on any atom is -0.497 e. The second-order valence-corrected chi connectivity index (χ2v) is 6.32. The molecule has 0 aliphatic carbocycles. The molecule has 2 aromatic carbocycles. The van der Waals surface area contributed by atoms with Gasteiger partial charge in [-0.2, -0.15) is 0 Å². The fourth-order valence-electron chi connectivity index (χ4n) is 2.17. The van der Waals surface area contributed by atoms with Crippen LogP contribution in [0.3, 0.4) is 0 Å². The normalized spacial score (nSPS) is 11.7. The van der Waals surface area contributed by atoms with E-state index in [1.807, 2.05) is 55.5 Å². The molecule has 2 aromatic rings. The Labute approximate surface area is 165 Å². The van der Waals surface area contributed by atoms with Crippen LogP contribution in [0.15, 0.2) is 54.6 Å². The van der Waals surface area contributed by atoms with Crippen molar-refractivity contribution in [2.75, 3.05) is 12.4 Å². The number of carbonyl (C=O) groups excluding carboxylic acids is 1. The van der Waals surface area contributed by atoms with Crippen LogP contribution in [0, 0.1) is 0 Å². The lowest BCUT2D eigenvalue weighted by molar-refractivity contribution is -0.115. The van der Waals surface area contributed by atoms with Gasteiger partial charge in [0.05, 0.1) is 13.2 Å². The van der Waals surface area contributed by atoms with Crippen molar-refractivity contribution in [1.29, 1.82) is 0 Å². The predicted molar refractivity (Wildman–Crippen MR) is 113 cm³/mol. The molecule has 142 valence electrons. The number of methoxy groups -OCH3 is 1. The van der Waals surface area contributed by atoms with Crippen LogP contribution in [0.2, 0.25) is 0 Å². The molecule has 0 aromatic heterocycles. The first-order valence-electron chi connectivity index (χ1n) is 8.71. The van der Waals surface area contributed by atoms with E-state index in [4.69, 9.17) is 21.7 Å². The molecule has 1 atom stereocenters. The Morgan fingerprint density at radius 2 is 1.93 bits per heavy atom. The summed E-state index contributed by atoms with van der Waals surface area (Å²) in [5, 5.41) is 5.83. The third kappa shape index (κ3) is 7.11. The van der Waals surface area contributed by atoms with Gasteiger partial charge in [0.1, 0.15) is 11.5 Å². The molecule has 2 rings (SSSR count). The summed E-state index contributed by atoms with van der Waals surface area (Å²) in [4.78, 5) is 12.0. The second kappa shape index (κ2) is 10.3.